The monoisotopic (exact) mass is 440 g/mol. The van der Waals surface area contributed by atoms with Gasteiger partial charge in [0, 0.05) is 53.2 Å². The van der Waals surface area contributed by atoms with Crippen molar-refractivity contribution in [3.05, 3.63) is 23.7 Å². The second-order valence-electron chi connectivity index (χ2n) is 5.81. The molecule has 0 fully saturated rings. The van der Waals surface area contributed by atoms with Crippen LogP contribution in [0.2, 0.25) is 0 Å². The number of carbonyl (C=O) groups excluding carboxylic acids is 4. The summed E-state index contributed by atoms with van der Waals surface area (Å²) >= 11 is 0. The molecular weight excluding hydrogens is 408 g/mol. The molecule has 0 aromatic carbocycles. The van der Waals surface area contributed by atoms with Crippen molar-refractivity contribution in [3.63, 3.8) is 0 Å². The summed E-state index contributed by atoms with van der Waals surface area (Å²) in [7, 11) is 0. The van der Waals surface area contributed by atoms with Crippen LogP contribution in [0.5, 0.6) is 0 Å². The highest BCUT2D eigenvalue weighted by atomic mass is 16.2. The highest BCUT2D eigenvalue weighted by Gasteiger charge is 2.27. The maximum absolute atomic E-state index is 11.3. The standard InChI is InChI=1S/C15H24N8O4.C2H8N2/c1-9(24)18-5-13(15(16,17)23-8-21-12(4)27)14(6-19-10(2)25)22-7-20-11(3)26;3-1-2-4/h5-8H,16-17H2,1-4H3,(H,18,24)(H,19,25)(H,20,22,26)(H,21,23,27);1-4H2. The molecule has 0 bridgehead atoms. The van der Waals surface area contributed by atoms with Crippen molar-refractivity contribution in [2.45, 2.75) is 33.5 Å². The molecule has 174 valence electrons. The van der Waals surface area contributed by atoms with Gasteiger partial charge < -0.3 is 32.7 Å². The van der Waals surface area contributed by atoms with Gasteiger partial charge in [0.05, 0.1) is 23.9 Å². The molecule has 12 N–H and O–H groups in total. The van der Waals surface area contributed by atoms with Gasteiger partial charge in [-0.3, -0.25) is 30.6 Å². The Labute approximate surface area is 180 Å². The van der Waals surface area contributed by atoms with Gasteiger partial charge in [-0.25, -0.2) is 9.98 Å². The Bertz CT molecular complexity index is 739. The van der Waals surface area contributed by atoms with E-state index in [0.717, 1.165) is 25.1 Å². The van der Waals surface area contributed by atoms with Crippen molar-refractivity contribution in [1.29, 1.82) is 0 Å². The minimum atomic E-state index is -1.96. The molecular formula is C17H32N10O4. The number of nitrogens with zero attached hydrogens (tertiary/aromatic N) is 2. The molecule has 0 heterocycles. The predicted molar refractivity (Wildman–Crippen MR) is 118 cm³/mol. The lowest BCUT2D eigenvalue weighted by molar-refractivity contribution is -0.118. The molecule has 0 unspecified atom stereocenters. The fourth-order valence-corrected chi connectivity index (χ4v) is 1.42. The first-order chi connectivity index (χ1) is 14.4. The Kier molecular flexibility index (Phi) is 15.7. The minimum absolute atomic E-state index is 0.0160. The zero-order valence-electron chi connectivity index (χ0n) is 18.1. The molecule has 4 amide bonds. The Morgan fingerprint density at radius 3 is 1.58 bits per heavy atom. The number of carbonyl (C=O) groups is 4. The van der Waals surface area contributed by atoms with Crippen molar-refractivity contribution in [2.24, 2.45) is 32.9 Å². The molecule has 0 aliphatic carbocycles. The summed E-state index contributed by atoms with van der Waals surface area (Å²) in [5, 5.41) is 9.36. The number of hydrogen-bond donors (Lipinski definition) is 8. The Hall–Kier alpha value is -3.46. The van der Waals surface area contributed by atoms with Crippen molar-refractivity contribution in [2.75, 3.05) is 13.1 Å². The first-order valence-corrected chi connectivity index (χ1v) is 8.91. The smallest absolute Gasteiger partial charge is 0.221 e. The van der Waals surface area contributed by atoms with E-state index in [9.17, 15) is 19.2 Å². The van der Waals surface area contributed by atoms with Crippen LogP contribution in [-0.4, -0.2) is 55.2 Å². The zero-order chi connectivity index (χ0) is 24.4. The number of hydrogen-bond acceptors (Lipinski definition) is 10. The molecule has 14 heteroatoms. The van der Waals surface area contributed by atoms with Crippen LogP contribution in [0.15, 0.2) is 33.7 Å². The fourth-order valence-electron chi connectivity index (χ4n) is 1.42. The largest absolute Gasteiger partial charge is 0.332 e. The van der Waals surface area contributed by atoms with Gasteiger partial charge in [-0.2, -0.15) is 0 Å². The first-order valence-electron chi connectivity index (χ1n) is 8.91. The zero-order valence-corrected chi connectivity index (χ0v) is 18.1. The summed E-state index contributed by atoms with van der Waals surface area (Å²) < 4.78 is 0. The summed E-state index contributed by atoms with van der Waals surface area (Å²) in [4.78, 5) is 52.2. The minimum Gasteiger partial charge on any atom is -0.332 e. The van der Waals surface area contributed by atoms with Crippen LogP contribution >= 0.6 is 0 Å². The van der Waals surface area contributed by atoms with Crippen LogP contribution in [0, 0.1) is 0 Å². The Morgan fingerprint density at radius 2 is 1.16 bits per heavy atom. The normalized spacial score (nSPS) is 12.1. The Morgan fingerprint density at radius 1 is 0.742 bits per heavy atom. The van der Waals surface area contributed by atoms with E-state index in [2.05, 4.69) is 31.3 Å². The van der Waals surface area contributed by atoms with E-state index in [1.165, 1.54) is 27.7 Å². The lowest BCUT2D eigenvalue weighted by atomic mass is 10.1. The maximum atomic E-state index is 11.3. The maximum Gasteiger partial charge on any atom is 0.221 e. The summed E-state index contributed by atoms with van der Waals surface area (Å²) in [6.45, 7) is 6.23. The quantitative estimate of drug-likeness (QED) is 0.0782. The number of nitrogens with two attached hydrogens (primary N) is 4. The molecule has 0 spiro atoms. The van der Waals surface area contributed by atoms with Crippen molar-refractivity contribution in [3.8, 4) is 0 Å². The third kappa shape index (κ3) is 17.1. The third-order valence-electron chi connectivity index (χ3n) is 2.72. The molecule has 14 nitrogen and oxygen atoms in total. The second-order valence-corrected chi connectivity index (χ2v) is 5.81. The number of amides is 4. The summed E-state index contributed by atoms with van der Waals surface area (Å²) in [6, 6.07) is 0. The summed E-state index contributed by atoms with van der Waals surface area (Å²) in [5.41, 5.74) is 21.7. The lowest BCUT2D eigenvalue weighted by Crippen LogP contribution is -2.51. The lowest BCUT2D eigenvalue weighted by Gasteiger charge is -2.23. The van der Waals surface area contributed by atoms with Gasteiger partial charge in [0.25, 0.3) is 0 Å². The van der Waals surface area contributed by atoms with E-state index >= 15 is 0 Å². The third-order valence-corrected chi connectivity index (χ3v) is 2.72. The van der Waals surface area contributed by atoms with Gasteiger partial charge >= 0.3 is 0 Å². The average Bonchev–Trinajstić information content (AvgIpc) is 2.64. The highest BCUT2D eigenvalue weighted by molar-refractivity contribution is 5.86. The van der Waals surface area contributed by atoms with Gasteiger partial charge in [-0.1, -0.05) is 0 Å². The van der Waals surface area contributed by atoms with Gasteiger partial charge in [0.1, 0.15) is 0 Å². The molecule has 0 aliphatic heterocycles. The Balaban J connectivity index is 0. The molecule has 31 heavy (non-hydrogen) atoms. The van der Waals surface area contributed by atoms with Crippen LogP contribution in [0.1, 0.15) is 27.7 Å². The second kappa shape index (κ2) is 16.3. The van der Waals surface area contributed by atoms with Crippen LogP contribution in [0.3, 0.4) is 0 Å². The fraction of sp³-hybridized carbons (Fsp3) is 0.412. The SMILES string of the molecule is CC(=O)NC=NC(=CNC(C)=O)C(=CNC(C)=O)C(N)(N)N=CNC(C)=O.NCCN. The van der Waals surface area contributed by atoms with E-state index in [4.69, 9.17) is 22.9 Å². The van der Waals surface area contributed by atoms with Gasteiger partial charge in [0.15, 0.2) is 5.79 Å². The molecule has 0 aromatic rings. The van der Waals surface area contributed by atoms with E-state index < -0.39 is 23.5 Å². The highest BCUT2D eigenvalue weighted by Crippen LogP contribution is 2.19. The summed E-state index contributed by atoms with van der Waals surface area (Å²) in [6.07, 6.45) is 4.34. The summed E-state index contributed by atoms with van der Waals surface area (Å²) in [5.74, 6) is -3.59. The van der Waals surface area contributed by atoms with Crippen LogP contribution in [-0.2, 0) is 19.2 Å². The van der Waals surface area contributed by atoms with E-state index in [0.29, 0.717) is 13.1 Å². The van der Waals surface area contributed by atoms with Gasteiger partial charge in [-0.15, -0.1) is 0 Å². The van der Waals surface area contributed by atoms with Crippen LogP contribution in [0.25, 0.3) is 0 Å². The molecule has 0 saturated carbocycles. The molecule has 0 atom stereocenters. The van der Waals surface area contributed by atoms with Crippen molar-refractivity contribution >= 4 is 36.3 Å². The van der Waals surface area contributed by atoms with Crippen LogP contribution < -0.4 is 44.2 Å². The van der Waals surface area contributed by atoms with Crippen LogP contribution in [0.4, 0.5) is 0 Å². The molecule has 0 radical (unpaired) electrons. The number of aliphatic imine (C=N–C) groups is 2. The number of rotatable bonds is 9. The average molecular weight is 441 g/mol. The first kappa shape index (κ1) is 29.7. The topological polar surface area (TPSA) is 245 Å². The van der Waals surface area contributed by atoms with E-state index in [1.54, 1.807) is 0 Å². The van der Waals surface area contributed by atoms with Crippen molar-refractivity contribution < 1.29 is 19.2 Å². The molecule has 0 aromatic heterocycles. The van der Waals surface area contributed by atoms with Gasteiger partial charge in [-0.05, 0) is 0 Å². The van der Waals surface area contributed by atoms with Crippen molar-refractivity contribution in [1.82, 2.24) is 21.3 Å². The number of nitrogens with one attached hydrogen (secondary N) is 4. The molecule has 0 saturated heterocycles. The van der Waals surface area contributed by atoms with Gasteiger partial charge in [0.2, 0.25) is 23.6 Å². The van der Waals surface area contributed by atoms with E-state index in [-0.39, 0.29) is 17.2 Å². The molecule has 0 aliphatic rings. The predicted octanol–water partition coefficient (Wildman–Crippen LogP) is -3.21. The molecule has 0 rings (SSSR count). The van der Waals surface area contributed by atoms with E-state index in [1.807, 2.05) is 0 Å².